The van der Waals surface area contributed by atoms with Crippen LogP contribution in [0.4, 0.5) is 0 Å². The molecule has 3 heteroatoms. The van der Waals surface area contributed by atoms with Gasteiger partial charge in [-0.3, -0.25) is 0 Å². The van der Waals surface area contributed by atoms with Gasteiger partial charge in [-0.05, 0) is 50.6 Å². The molecule has 1 aliphatic carbocycles. The molecule has 0 N–H and O–H groups in total. The highest BCUT2D eigenvalue weighted by atomic mass is 16.5. The summed E-state index contributed by atoms with van der Waals surface area (Å²) < 4.78 is 10.8. The quantitative estimate of drug-likeness (QED) is 0.801. The molecule has 2 rings (SSSR count). The average molecular weight is 235 g/mol. The average Bonchev–Trinajstić information content (AvgIpc) is 2.36. The van der Waals surface area contributed by atoms with Crippen molar-refractivity contribution in [3.05, 3.63) is 23.3 Å². The molecule has 0 heterocycles. The van der Waals surface area contributed by atoms with E-state index in [-0.39, 0.29) is 0 Å². The van der Waals surface area contributed by atoms with Gasteiger partial charge in [-0.1, -0.05) is 0 Å². The summed E-state index contributed by atoms with van der Waals surface area (Å²) in [6.07, 6.45) is 3.37. The molecule has 0 amide bonds. The Kier molecular flexibility index (Phi) is 3.57. The standard InChI is InChI=1S/C14H21NO2/c1-15(2)11-5-6-13-10(7-11)8-12(16-3)9-14(13)17-4/h8-9,11H,5-7H2,1-4H3/t11-/m0/s1. The molecule has 94 valence electrons. The van der Waals surface area contributed by atoms with Gasteiger partial charge in [-0.2, -0.15) is 0 Å². The van der Waals surface area contributed by atoms with E-state index >= 15 is 0 Å². The fourth-order valence-corrected chi connectivity index (χ4v) is 2.55. The van der Waals surface area contributed by atoms with Crippen molar-refractivity contribution in [1.82, 2.24) is 4.90 Å². The van der Waals surface area contributed by atoms with Crippen molar-refractivity contribution in [2.24, 2.45) is 0 Å². The first-order valence-electron chi connectivity index (χ1n) is 6.06. The maximum atomic E-state index is 5.46. The highest BCUT2D eigenvalue weighted by Crippen LogP contribution is 2.34. The van der Waals surface area contributed by atoms with Crippen LogP contribution in [0.25, 0.3) is 0 Å². The SMILES string of the molecule is COc1cc2c(c(OC)c1)CC[C@H](N(C)C)C2. The van der Waals surface area contributed by atoms with Crippen LogP contribution in [0.15, 0.2) is 12.1 Å². The summed E-state index contributed by atoms with van der Waals surface area (Å²) in [5.41, 5.74) is 2.72. The van der Waals surface area contributed by atoms with Crippen LogP contribution < -0.4 is 9.47 Å². The first-order valence-corrected chi connectivity index (χ1v) is 6.06. The van der Waals surface area contributed by atoms with Crippen LogP contribution in [0.3, 0.4) is 0 Å². The zero-order chi connectivity index (χ0) is 12.4. The van der Waals surface area contributed by atoms with E-state index < -0.39 is 0 Å². The van der Waals surface area contributed by atoms with Crippen molar-refractivity contribution in [3.63, 3.8) is 0 Å². The Hall–Kier alpha value is -1.22. The number of methoxy groups -OCH3 is 2. The number of fused-ring (bicyclic) bond motifs is 1. The van der Waals surface area contributed by atoms with Crippen molar-refractivity contribution in [1.29, 1.82) is 0 Å². The van der Waals surface area contributed by atoms with E-state index in [0.29, 0.717) is 6.04 Å². The predicted octanol–water partition coefficient (Wildman–Crippen LogP) is 2.12. The Morgan fingerprint density at radius 2 is 1.94 bits per heavy atom. The normalized spacial score (nSPS) is 19.0. The number of rotatable bonds is 3. The van der Waals surface area contributed by atoms with E-state index in [4.69, 9.17) is 9.47 Å². The molecule has 0 radical (unpaired) electrons. The topological polar surface area (TPSA) is 21.7 Å². The van der Waals surface area contributed by atoms with Crippen LogP contribution in [0.1, 0.15) is 17.5 Å². The summed E-state index contributed by atoms with van der Waals surface area (Å²) in [6.45, 7) is 0. The minimum atomic E-state index is 0.624. The molecule has 0 saturated carbocycles. The molecule has 3 nitrogen and oxygen atoms in total. The third kappa shape index (κ3) is 2.39. The maximum absolute atomic E-state index is 5.46. The van der Waals surface area contributed by atoms with Gasteiger partial charge in [0.25, 0.3) is 0 Å². The summed E-state index contributed by atoms with van der Waals surface area (Å²) in [5, 5.41) is 0. The number of likely N-dealkylation sites (N-methyl/N-ethyl adjacent to an activating group) is 1. The summed E-state index contributed by atoms with van der Waals surface area (Å²) >= 11 is 0. The second kappa shape index (κ2) is 4.96. The Balaban J connectivity index is 2.35. The molecule has 0 fully saturated rings. The van der Waals surface area contributed by atoms with E-state index in [9.17, 15) is 0 Å². The second-order valence-corrected chi connectivity index (χ2v) is 4.83. The minimum Gasteiger partial charge on any atom is -0.497 e. The highest BCUT2D eigenvalue weighted by Gasteiger charge is 2.23. The number of hydrogen-bond donors (Lipinski definition) is 0. The van der Waals surface area contributed by atoms with Crippen molar-refractivity contribution >= 4 is 0 Å². The monoisotopic (exact) mass is 235 g/mol. The predicted molar refractivity (Wildman–Crippen MR) is 69.0 cm³/mol. The lowest BCUT2D eigenvalue weighted by molar-refractivity contribution is 0.265. The fraction of sp³-hybridized carbons (Fsp3) is 0.571. The molecule has 1 aromatic carbocycles. The van der Waals surface area contributed by atoms with E-state index in [1.54, 1.807) is 14.2 Å². The molecular formula is C14H21NO2. The van der Waals surface area contributed by atoms with Gasteiger partial charge in [0, 0.05) is 12.1 Å². The van der Waals surface area contributed by atoms with Crippen molar-refractivity contribution < 1.29 is 9.47 Å². The minimum absolute atomic E-state index is 0.624. The van der Waals surface area contributed by atoms with Gasteiger partial charge in [0.2, 0.25) is 0 Å². The van der Waals surface area contributed by atoms with Gasteiger partial charge in [-0.15, -0.1) is 0 Å². The second-order valence-electron chi connectivity index (χ2n) is 4.83. The van der Waals surface area contributed by atoms with Gasteiger partial charge in [0.05, 0.1) is 14.2 Å². The van der Waals surface area contributed by atoms with Crippen LogP contribution in [0.2, 0.25) is 0 Å². The van der Waals surface area contributed by atoms with Crippen LogP contribution in [-0.2, 0) is 12.8 Å². The first-order chi connectivity index (χ1) is 8.15. The molecule has 0 saturated heterocycles. The van der Waals surface area contributed by atoms with E-state index in [1.807, 2.05) is 6.07 Å². The molecule has 0 aromatic heterocycles. The van der Waals surface area contributed by atoms with Gasteiger partial charge in [-0.25, -0.2) is 0 Å². The smallest absolute Gasteiger partial charge is 0.126 e. The van der Waals surface area contributed by atoms with E-state index in [2.05, 4.69) is 25.1 Å². The summed E-state index contributed by atoms with van der Waals surface area (Å²) in [5.74, 6) is 1.86. The largest absolute Gasteiger partial charge is 0.497 e. The molecule has 0 unspecified atom stereocenters. The lowest BCUT2D eigenvalue weighted by atomic mass is 9.87. The van der Waals surface area contributed by atoms with Gasteiger partial charge in [0.1, 0.15) is 11.5 Å². The number of hydrogen-bond acceptors (Lipinski definition) is 3. The lowest BCUT2D eigenvalue weighted by Crippen LogP contribution is -2.33. The van der Waals surface area contributed by atoms with E-state index in [1.165, 1.54) is 17.5 Å². The summed E-state index contributed by atoms with van der Waals surface area (Å²) in [4.78, 5) is 2.30. The van der Waals surface area contributed by atoms with Crippen molar-refractivity contribution in [2.75, 3.05) is 28.3 Å². The molecular weight excluding hydrogens is 214 g/mol. The highest BCUT2D eigenvalue weighted by molar-refractivity contribution is 5.48. The first kappa shape index (κ1) is 12.2. The van der Waals surface area contributed by atoms with Crippen LogP contribution >= 0.6 is 0 Å². The van der Waals surface area contributed by atoms with Gasteiger partial charge in [0.15, 0.2) is 0 Å². The van der Waals surface area contributed by atoms with Crippen molar-refractivity contribution in [3.8, 4) is 11.5 Å². The number of benzene rings is 1. The van der Waals surface area contributed by atoms with Crippen LogP contribution in [0, 0.1) is 0 Å². The van der Waals surface area contributed by atoms with E-state index in [0.717, 1.165) is 24.3 Å². The van der Waals surface area contributed by atoms with Crippen molar-refractivity contribution in [2.45, 2.75) is 25.3 Å². The Labute approximate surface area is 103 Å². The molecule has 1 aromatic rings. The Morgan fingerprint density at radius 3 is 2.53 bits per heavy atom. The van der Waals surface area contributed by atoms with Crippen LogP contribution in [0.5, 0.6) is 11.5 Å². The van der Waals surface area contributed by atoms with Gasteiger partial charge >= 0.3 is 0 Å². The number of ether oxygens (including phenoxy) is 2. The molecule has 1 atom stereocenters. The molecule has 0 bridgehead atoms. The Bertz CT molecular complexity index is 401. The maximum Gasteiger partial charge on any atom is 0.126 e. The third-order valence-electron chi connectivity index (χ3n) is 3.64. The zero-order valence-electron chi connectivity index (χ0n) is 11.1. The lowest BCUT2D eigenvalue weighted by Gasteiger charge is -2.30. The third-order valence-corrected chi connectivity index (χ3v) is 3.64. The Morgan fingerprint density at radius 1 is 1.18 bits per heavy atom. The van der Waals surface area contributed by atoms with Crippen LogP contribution in [-0.4, -0.2) is 39.3 Å². The fourth-order valence-electron chi connectivity index (χ4n) is 2.55. The summed E-state index contributed by atoms with van der Waals surface area (Å²) in [7, 11) is 7.72. The molecule has 17 heavy (non-hydrogen) atoms. The molecule has 0 aliphatic heterocycles. The summed E-state index contributed by atoms with van der Waals surface area (Å²) in [6, 6.07) is 4.75. The van der Waals surface area contributed by atoms with Gasteiger partial charge < -0.3 is 14.4 Å². The number of nitrogens with zero attached hydrogens (tertiary/aromatic N) is 1. The molecule has 0 spiro atoms. The molecule has 1 aliphatic rings. The zero-order valence-corrected chi connectivity index (χ0v) is 11.1.